The lowest BCUT2D eigenvalue weighted by Crippen LogP contribution is -2.37. The number of nitrogens with zero attached hydrogens (tertiary/aromatic N) is 1. The largest absolute Gasteiger partial charge is 0.756 e. The lowest BCUT2D eigenvalue weighted by Gasteiger charge is -2.28. The van der Waals surface area contributed by atoms with Crippen LogP contribution < -0.4 is 4.89 Å². The van der Waals surface area contributed by atoms with Crippen LogP contribution in [0.25, 0.3) is 0 Å². The van der Waals surface area contributed by atoms with Crippen LogP contribution in [0.15, 0.2) is 36.5 Å². The molecule has 0 rings (SSSR count). The van der Waals surface area contributed by atoms with Crippen molar-refractivity contribution < 1.29 is 42.1 Å². The standard InChI is InChI=1S/C89H172NO8P/c1-6-8-10-12-14-16-18-20-22-24-26-28-30-32-34-36-38-40-42-44-45-46-48-50-52-54-56-58-60-62-64-66-68-70-72-74-76-78-80-82-89(92)98-87(86-97-99(93,94)96-84-83-90(3,4)5)85-95-88(91)81-79-77-75-73-71-69-67-65-63-61-59-57-55-53-51-49-47-43-41-39-37-35-33-31-29-27-25-23-21-19-17-15-13-11-9-7-2/h18,20,24,26,30,32,87H,6-17,19,21-23,25,27-29,31,33-86H2,1-5H3/b20-18-,26-24-,32-30-. The fourth-order valence-corrected chi connectivity index (χ4v) is 14.4. The van der Waals surface area contributed by atoms with Crippen molar-refractivity contribution in [3.05, 3.63) is 36.5 Å². The third-order valence-corrected chi connectivity index (χ3v) is 21.4. The van der Waals surface area contributed by atoms with Crippen LogP contribution in [0.2, 0.25) is 0 Å². The van der Waals surface area contributed by atoms with Crippen molar-refractivity contribution in [2.45, 2.75) is 476 Å². The summed E-state index contributed by atoms with van der Waals surface area (Å²) in [5.74, 6) is -0.803. The van der Waals surface area contributed by atoms with Crippen molar-refractivity contribution in [3.63, 3.8) is 0 Å². The Balaban J connectivity index is 3.85. The van der Waals surface area contributed by atoms with Gasteiger partial charge in [0.1, 0.15) is 19.8 Å². The molecule has 0 N–H and O–H groups in total. The molecule has 0 heterocycles. The van der Waals surface area contributed by atoms with Gasteiger partial charge >= 0.3 is 11.9 Å². The summed E-state index contributed by atoms with van der Waals surface area (Å²) < 4.78 is 34.5. The normalized spacial score (nSPS) is 13.1. The van der Waals surface area contributed by atoms with Crippen LogP contribution in [0.1, 0.15) is 470 Å². The first-order valence-corrected chi connectivity index (χ1v) is 45.7. The molecule has 0 saturated heterocycles. The SMILES string of the molecule is CCCCCCC/C=C\C/C=C\C/C=C\CCCCCCCCCCCCCCCCCCCCCCCCCCC(=O)OC(COC(=O)CCCCCCCCCCCCCCCCCCCCCCCCCCCCCCCCCCCCCC)COP(=O)([O-])OCC[N+](C)(C)C. The molecule has 0 radical (unpaired) electrons. The first-order valence-electron chi connectivity index (χ1n) is 44.2. The van der Waals surface area contributed by atoms with Gasteiger partial charge in [0.05, 0.1) is 27.7 Å². The maximum absolute atomic E-state index is 12.9. The Kier molecular flexibility index (Phi) is 78.9. The third kappa shape index (κ3) is 85.1. The van der Waals surface area contributed by atoms with Crippen molar-refractivity contribution in [2.75, 3.05) is 47.5 Å². The van der Waals surface area contributed by atoms with Crippen LogP contribution in [0, 0.1) is 0 Å². The number of hydrogen-bond donors (Lipinski definition) is 0. The number of likely N-dealkylation sites (N-methyl/N-ethyl adjacent to an activating group) is 1. The minimum absolute atomic E-state index is 0.0266. The highest BCUT2D eigenvalue weighted by Gasteiger charge is 2.22. The predicted octanol–water partition coefficient (Wildman–Crippen LogP) is 29.1. The van der Waals surface area contributed by atoms with E-state index in [2.05, 4.69) is 50.3 Å². The molecule has 99 heavy (non-hydrogen) atoms. The molecular weight excluding hydrogens is 1240 g/mol. The van der Waals surface area contributed by atoms with Crippen LogP contribution in [0.5, 0.6) is 0 Å². The third-order valence-electron chi connectivity index (χ3n) is 20.4. The van der Waals surface area contributed by atoms with E-state index in [-0.39, 0.29) is 32.0 Å². The quantitative estimate of drug-likeness (QED) is 0.0195. The Labute approximate surface area is 618 Å². The van der Waals surface area contributed by atoms with Gasteiger partial charge in [-0.05, 0) is 51.4 Å². The molecule has 0 aromatic carbocycles. The second-order valence-corrected chi connectivity index (χ2v) is 33.0. The molecule has 2 atom stereocenters. The smallest absolute Gasteiger partial charge is 0.306 e. The molecule has 2 unspecified atom stereocenters. The van der Waals surface area contributed by atoms with Gasteiger partial charge in [-0.1, -0.05) is 442 Å². The lowest BCUT2D eigenvalue weighted by molar-refractivity contribution is -0.870. The first-order chi connectivity index (χ1) is 48.5. The van der Waals surface area contributed by atoms with Crippen LogP contribution in [-0.4, -0.2) is 70.0 Å². The number of carbonyl (C=O) groups excluding carboxylic acids is 2. The van der Waals surface area contributed by atoms with E-state index in [4.69, 9.17) is 18.5 Å². The van der Waals surface area contributed by atoms with Gasteiger partial charge < -0.3 is 27.9 Å². The summed E-state index contributed by atoms with van der Waals surface area (Å²) in [6.45, 7) is 4.32. The number of allylic oxidation sites excluding steroid dienone is 6. The number of esters is 2. The minimum atomic E-state index is -4.64. The molecular formula is C89H172NO8P. The number of carbonyl (C=O) groups is 2. The highest BCUT2D eigenvalue weighted by Crippen LogP contribution is 2.38. The average Bonchev–Trinajstić information content (AvgIpc) is 0.989. The van der Waals surface area contributed by atoms with Crippen molar-refractivity contribution in [3.8, 4) is 0 Å². The van der Waals surface area contributed by atoms with E-state index in [9.17, 15) is 19.0 Å². The lowest BCUT2D eigenvalue weighted by atomic mass is 10.0. The number of hydrogen-bond acceptors (Lipinski definition) is 8. The minimum Gasteiger partial charge on any atom is -0.756 e. The number of ether oxygens (including phenoxy) is 2. The van der Waals surface area contributed by atoms with Crippen molar-refractivity contribution in [1.29, 1.82) is 0 Å². The van der Waals surface area contributed by atoms with E-state index >= 15 is 0 Å². The summed E-state index contributed by atoms with van der Waals surface area (Å²) >= 11 is 0. The van der Waals surface area contributed by atoms with Crippen molar-refractivity contribution in [1.82, 2.24) is 0 Å². The molecule has 9 nitrogen and oxygen atoms in total. The van der Waals surface area contributed by atoms with Gasteiger partial charge in [0.2, 0.25) is 0 Å². The van der Waals surface area contributed by atoms with Gasteiger partial charge in [0, 0.05) is 12.8 Å². The van der Waals surface area contributed by atoms with Gasteiger partial charge in [-0.2, -0.15) is 0 Å². The highest BCUT2D eigenvalue weighted by molar-refractivity contribution is 7.45. The van der Waals surface area contributed by atoms with Crippen molar-refractivity contribution in [2.24, 2.45) is 0 Å². The zero-order valence-corrected chi connectivity index (χ0v) is 68.1. The second kappa shape index (κ2) is 80.3. The Bertz CT molecular complexity index is 1760. The summed E-state index contributed by atoms with van der Waals surface area (Å²) in [5, 5.41) is 0. The summed E-state index contributed by atoms with van der Waals surface area (Å²) in [4.78, 5) is 38.2. The van der Waals surface area contributed by atoms with Crippen molar-refractivity contribution >= 4 is 19.8 Å². The Morgan fingerprint density at radius 2 is 0.545 bits per heavy atom. The zero-order valence-electron chi connectivity index (χ0n) is 67.2. The summed E-state index contributed by atoms with van der Waals surface area (Å²) in [6, 6.07) is 0. The van der Waals surface area contributed by atoms with E-state index < -0.39 is 26.5 Å². The predicted molar refractivity (Wildman–Crippen MR) is 430 cm³/mol. The molecule has 0 fully saturated rings. The van der Waals surface area contributed by atoms with E-state index in [0.717, 1.165) is 44.9 Å². The van der Waals surface area contributed by atoms with Crippen LogP contribution in [0.3, 0.4) is 0 Å². The summed E-state index contributed by atoms with van der Waals surface area (Å²) in [5.41, 5.74) is 0. The topological polar surface area (TPSA) is 111 Å². The summed E-state index contributed by atoms with van der Waals surface area (Å²) in [6.07, 6.45) is 106. The second-order valence-electron chi connectivity index (χ2n) is 31.6. The average molecular weight is 1420 g/mol. The first kappa shape index (κ1) is 97.2. The molecule has 10 heteroatoms. The van der Waals surface area contributed by atoms with Gasteiger partial charge in [-0.25, -0.2) is 0 Å². The van der Waals surface area contributed by atoms with E-state index in [1.807, 2.05) is 21.1 Å². The molecule has 0 aromatic heterocycles. The fourth-order valence-electron chi connectivity index (χ4n) is 13.7. The van der Waals surface area contributed by atoms with Gasteiger partial charge in [-0.15, -0.1) is 0 Å². The van der Waals surface area contributed by atoms with E-state index in [0.29, 0.717) is 17.4 Å². The van der Waals surface area contributed by atoms with E-state index in [1.54, 1.807) is 0 Å². The molecule has 0 aliphatic heterocycles. The zero-order chi connectivity index (χ0) is 71.8. The highest BCUT2D eigenvalue weighted by atomic mass is 31.2. The number of phosphoric ester groups is 1. The fraction of sp³-hybridized carbons (Fsp3) is 0.910. The molecule has 0 amide bonds. The molecule has 0 spiro atoms. The maximum atomic E-state index is 12.9. The molecule has 0 aromatic rings. The van der Waals surface area contributed by atoms with Crippen LogP contribution in [0.4, 0.5) is 0 Å². The Morgan fingerprint density at radius 1 is 0.313 bits per heavy atom. The van der Waals surface area contributed by atoms with Crippen LogP contribution in [-0.2, 0) is 32.7 Å². The van der Waals surface area contributed by atoms with Crippen LogP contribution >= 0.6 is 7.82 Å². The number of rotatable bonds is 84. The molecule has 0 saturated carbocycles. The molecule has 0 aliphatic rings. The van der Waals surface area contributed by atoms with Gasteiger partial charge in [-0.3, -0.25) is 14.2 Å². The summed E-state index contributed by atoms with van der Waals surface area (Å²) in [7, 11) is 1.20. The monoisotopic (exact) mass is 1410 g/mol. The molecule has 586 valence electrons. The van der Waals surface area contributed by atoms with E-state index in [1.165, 1.54) is 392 Å². The Morgan fingerprint density at radius 3 is 0.808 bits per heavy atom. The maximum Gasteiger partial charge on any atom is 0.306 e. The Hall–Kier alpha value is -1.77. The number of unbranched alkanes of at least 4 members (excludes halogenated alkanes) is 64. The number of quaternary nitrogens is 1. The molecule has 0 bridgehead atoms. The molecule has 0 aliphatic carbocycles. The van der Waals surface area contributed by atoms with Gasteiger partial charge in [0.25, 0.3) is 7.82 Å². The van der Waals surface area contributed by atoms with Gasteiger partial charge in [0.15, 0.2) is 6.10 Å². The number of phosphoric acid groups is 1.